The molecule has 2 aromatic rings. The average molecular weight is 390 g/mol. The Morgan fingerprint density at radius 1 is 1.46 bits per heavy atom. The monoisotopic (exact) mass is 389 g/mol. The third kappa shape index (κ3) is 6.29. The van der Waals surface area contributed by atoms with Crippen molar-refractivity contribution in [2.45, 2.75) is 12.3 Å². The summed E-state index contributed by atoms with van der Waals surface area (Å²) in [7, 11) is 0.597. The number of carbonyl (C=O) groups excluding carboxylic acids is 1. The van der Waals surface area contributed by atoms with Crippen molar-refractivity contribution in [3.63, 3.8) is 0 Å². The molecule has 1 aromatic heterocycles. The van der Waals surface area contributed by atoms with Gasteiger partial charge in [-0.3, -0.25) is 9.00 Å². The number of thiazole rings is 1. The van der Waals surface area contributed by atoms with E-state index in [0.29, 0.717) is 36.0 Å². The maximum Gasteiger partial charge on any atom is 0.275 e. The van der Waals surface area contributed by atoms with Crippen molar-refractivity contribution in [3.05, 3.63) is 45.9 Å². The summed E-state index contributed by atoms with van der Waals surface area (Å²) in [6.07, 6.45) is 0. The normalized spacial score (nSPS) is 11.6. The van der Waals surface area contributed by atoms with Crippen LogP contribution in [0.1, 0.15) is 21.1 Å². The Bertz CT molecular complexity index is 694. The Morgan fingerprint density at radius 2 is 2.25 bits per heavy atom. The third-order valence-corrected chi connectivity index (χ3v) is 5.14. The molecule has 0 bridgehead atoms. The van der Waals surface area contributed by atoms with Crippen LogP contribution in [0.25, 0.3) is 0 Å². The summed E-state index contributed by atoms with van der Waals surface area (Å²) >= 11 is 1.36. The van der Waals surface area contributed by atoms with Gasteiger partial charge >= 0.3 is 0 Å². The van der Waals surface area contributed by atoms with Crippen LogP contribution in [0.2, 0.25) is 0 Å². The van der Waals surface area contributed by atoms with Gasteiger partial charge in [-0.05, 0) is 17.7 Å². The highest BCUT2D eigenvalue weighted by Gasteiger charge is 2.11. The lowest BCUT2D eigenvalue weighted by molar-refractivity contribution is 0.102. The van der Waals surface area contributed by atoms with E-state index in [0.717, 1.165) is 10.6 Å². The molecule has 0 aliphatic carbocycles. The van der Waals surface area contributed by atoms with Crippen LogP contribution in [0.15, 0.2) is 29.6 Å². The van der Waals surface area contributed by atoms with Crippen LogP contribution < -0.4 is 11.1 Å². The van der Waals surface area contributed by atoms with Gasteiger partial charge in [0.25, 0.3) is 5.91 Å². The molecule has 1 heterocycles. The molecule has 1 atom stereocenters. The molecule has 0 saturated carbocycles. The second kappa shape index (κ2) is 10.5. The first kappa shape index (κ1) is 20.7. The summed E-state index contributed by atoms with van der Waals surface area (Å²) in [4.78, 5) is 16.3. The van der Waals surface area contributed by atoms with Gasteiger partial charge in [-0.15, -0.1) is 23.7 Å². The molecule has 0 aliphatic rings. The van der Waals surface area contributed by atoms with Crippen molar-refractivity contribution < 1.29 is 13.7 Å². The van der Waals surface area contributed by atoms with Gasteiger partial charge in [-0.2, -0.15) is 0 Å². The number of methoxy groups -OCH3 is 1. The van der Waals surface area contributed by atoms with Crippen LogP contribution in [0.5, 0.6) is 0 Å². The Morgan fingerprint density at radius 3 is 2.92 bits per heavy atom. The molecular formula is C15H20ClN3O3S2. The largest absolute Gasteiger partial charge is 0.384 e. The number of nitrogens with one attached hydrogen (secondary N) is 1. The molecule has 1 unspecified atom stereocenters. The Kier molecular flexibility index (Phi) is 9.09. The van der Waals surface area contributed by atoms with E-state index in [1.165, 1.54) is 11.3 Å². The van der Waals surface area contributed by atoms with E-state index in [-0.39, 0.29) is 18.3 Å². The number of nitrogens with zero attached hydrogens (tertiary/aromatic N) is 1. The van der Waals surface area contributed by atoms with Gasteiger partial charge in [-0.1, -0.05) is 12.1 Å². The number of hydrogen-bond acceptors (Lipinski definition) is 6. The summed E-state index contributed by atoms with van der Waals surface area (Å²) in [5.41, 5.74) is 7.40. The molecular weight excluding hydrogens is 370 g/mol. The van der Waals surface area contributed by atoms with Crippen LogP contribution in [0, 0.1) is 0 Å². The summed E-state index contributed by atoms with van der Waals surface area (Å²) < 4.78 is 16.8. The molecule has 0 saturated heterocycles. The van der Waals surface area contributed by atoms with E-state index in [1.54, 1.807) is 18.6 Å². The van der Waals surface area contributed by atoms with Crippen molar-refractivity contribution in [1.29, 1.82) is 0 Å². The number of nitrogens with two attached hydrogens (primary N) is 1. The fraction of sp³-hybridized carbons (Fsp3) is 0.333. The molecule has 9 heteroatoms. The fourth-order valence-electron chi connectivity index (χ4n) is 1.88. The minimum Gasteiger partial charge on any atom is -0.384 e. The zero-order valence-corrected chi connectivity index (χ0v) is 15.6. The topological polar surface area (TPSA) is 94.3 Å². The maximum atomic E-state index is 12.1. The molecule has 0 aliphatic heterocycles. The lowest BCUT2D eigenvalue weighted by Crippen LogP contribution is -2.13. The summed E-state index contributed by atoms with van der Waals surface area (Å²) in [5, 5.41) is 5.19. The summed E-state index contributed by atoms with van der Waals surface area (Å²) in [5.74, 6) is 0.646. The molecule has 1 aromatic carbocycles. The van der Waals surface area contributed by atoms with E-state index in [9.17, 15) is 9.00 Å². The number of carbonyl (C=O) groups is 1. The predicted molar refractivity (Wildman–Crippen MR) is 100 cm³/mol. The van der Waals surface area contributed by atoms with Crippen molar-refractivity contribution in [2.75, 3.05) is 24.8 Å². The molecule has 1 amide bonds. The minimum atomic E-state index is -0.988. The van der Waals surface area contributed by atoms with Crippen LogP contribution in [0.3, 0.4) is 0 Å². The molecule has 2 rings (SSSR count). The number of benzene rings is 1. The van der Waals surface area contributed by atoms with Gasteiger partial charge in [-0.25, -0.2) is 4.98 Å². The van der Waals surface area contributed by atoms with Crippen molar-refractivity contribution in [3.8, 4) is 0 Å². The van der Waals surface area contributed by atoms with Crippen molar-refractivity contribution >= 4 is 46.1 Å². The van der Waals surface area contributed by atoms with E-state index in [2.05, 4.69) is 10.3 Å². The smallest absolute Gasteiger partial charge is 0.275 e. The van der Waals surface area contributed by atoms with E-state index in [1.807, 2.05) is 18.2 Å². The van der Waals surface area contributed by atoms with Crippen molar-refractivity contribution in [1.82, 2.24) is 4.98 Å². The first-order valence-corrected chi connectivity index (χ1v) is 9.38. The first-order valence-electron chi connectivity index (χ1n) is 7.01. The third-order valence-electron chi connectivity index (χ3n) is 2.99. The van der Waals surface area contributed by atoms with Crippen molar-refractivity contribution in [2.24, 2.45) is 5.73 Å². The SMILES string of the molecule is COCCS(=O)Cc1cccc(NC(=O)c2csc(CN)n2)c1.Cl. The quantitative estimate of drug-likeness (QED) is 0.721. The number of rotatable bonds is 8. The second-order valence-corrected chi connectivity index (χ2v) is 7.29. The first-order chi connectivity index (χ1) is 11.1. The highest BCUT2D eigenvalue weighted by atomic mass is 35.5. The molecule has 0 spiro atoms. The number of hydrogen-bond donors (Lipinski definition) is 2. The molecule has 6 nitrogen and oxygen atoms in total. The zero-order chi connectivity index (χ0) is 16.7. The fourth-order valence-corrected chi connectivity index (χ4v) is 3.58. The average Bonchev–Trinajstić information content (AvgIpc) is 3.02. The van der Waals surface area contributed by atoms with Crippen LogP contribution in [-0.2, 0) is 27.8 Å². The second-order valence-electron chi connectivity index (χ2n) is 4.77. The standard InChI is InChI=1S/C15H19N3O3S2.ClH/c1-21-5-6-23(20)10-11-3-2-4-12(7-11)17-15(19)13-9-22-14(8-16)18-13;/h2-4,7,9H,5-6,8,10,16H2,1H3,(H,17,19);1H. The van der Waals surface area contributed by atoms with Crippen LogP contribution in [0.4, 0.5) is 5.69 Å². The number of ether oxygens (including phenoxy) is 1. The number of amides is 1. The van der Waals surface area contributed by atoms with Crippen LogP contribution in [-0.4, -0.2) is 34.6 Å². The molecule has 24 heavy (non-hydrogen) atoms. The molecule has 3 N–H and O–H groups in total. The summed E-state index contributed by atoms with van der Waals surface area (Å²) in [6, 6.07) is 7.31. The Hall–Kier alpha value is -1.32. The van der Waals surface area contributed by atoms with Gasteiger partial charge in [0.15, 0.2) is 0 Å². The summed E-state index contributed by atoms with van der Waals surface area (Å²) in [6.45, 7) is 0.789. The molecule has 0 radical (unpaired) electrons. The predicted octanol–water partition coefficient (Wildman–Crippen LogP) is 2.17. The van der Waals surface area contributed by atoms with Gasteiger partial charge in [0, 0.05) is 47.0 Å². The van der Waals surface area contributed by atoms with E-state index >= 15 is 0 Å². The number of aromatic nitrogens is 1. The molecule has 132 valence electrons. The van der Waals surface area contributed by atoms with E-state index < -0.39 is 10.8 Å². The highest BCUT2D eigenvalue weighted by molar-refractivity contribution is 7.84. The van der Waals surface area contributed by atoms with Gasteiger partial charge in [0.05, 0.1) is 6.61 Å². The maximum absolute atomic E-state index is 12.1. The lowest BCUT2D eigenvalue weighted by atomic mass is 10.2. The van der Waals surface area contributed by atoms with Gasteiger partial charge in [0.1, 0.15) is 10.7 Å². The Labute approximate surface area is 153 Å². The number of anilines is 1. The Balaban J connectivity index is 0.00000288. The number of halogens is 1. The molecule has 0 fully saturated rings. The van der Waals surface area contributed by atoms with E-state index in [4.69, 9.17) is 10.5 Å². The zero-order valence-electron chi connectivity index (χ0n) is 13.2. The lowest BCUT2D eigenvalue weighted by Gasteiger charge is -2.06. The minimum absolute atomic E-state index is 0. The van der Waals surface area contributed by atoms with Crippen LogP contribution >= 0.6 is 23.7 Å². The van der Waals surface area contributed by atoms with Gasteiger partial charge in [0.2, 0.25) is 0 Å². The highest BCUT2D eigenvalue weighted by Crippen LogP contribution is 2.15. The van der Waals surface area contributed by atoms with Gasteiger partial charge < -0.3 is 15.8 Å².